The Labute approximate surface area is 109 Å². The van der Waals surface area contributed by atoms with Gasteiger partial charge in [0.05, 0.1) is 11.4 Å². The Balaban J connectivity index is 1.55. The van der Waals surface area contributed by atoms with E-state index in [1.54, 1.807) is 0 Å². The van der Waals surface area contributed by atoms with Gasteiger partial charge in [0.15, 0.2) is 0 Å². The topological polar surface area (TPSA) is 29.3 Å². The van der Waals surface area contributed by atoms with Crippen LogP contribution in [0.15, 0.2) is 18.2 Å². The zero-order valence-corrected chi connectivity index (χ0v) is 10.9. The SMILES string of the molecule is Nc1cccc2c1N(CC1CC3CCC1C3)CC2. The van der Waals surface area contributed by atoms with Crippen LogP contribution in [0.1, 0.15) is 31.2 Å². The summed E-state index contributed by atoms with van der Waals surface area (Å²) in [5.74, 6) is 3.01. The van der Waals surface area contributed by atoms with Crippen molar-refractivity contribution >= 4 is 11.4 Å². The zero-order valence-electron chi connectivity index (χ0n) is 10.9. The van der Waals surface area contributed by atoms with Gasteiger partial charge in [-0.15, -0.1) is 0 Å². The quantitative estimate of drug-likeness (QED) is 0.808. The predicted molar refractivity (Wildman–Crippen MR) is 75.7 cm³/mol. The van der Waals surface area contributed by atoms with E-state index >= 15 is 0 Å². The molecule has 3 atom stereocenters. The molecule has 0 amide bonds. The number of hydrogen-bond acceptors (Lipinski definition) is 2. The normalized spacial score (nSPS) is 33.1. The van der Waals surface area contributed by atoms with Gasteiger partial charge in [-0.2, -0.15) is 0 Å². The number of rotatable bonds is 2. The molecule has 2 heteroatoms. The van der Waals surface area contributed by atoms with Crippen LogP contribution < -0.4 is 10.6 Å². The van der Waals surface area contributed by atoms with E-state index in [1.807, 2.05) is 0 Å². The lowest BCUT2D eigenvalue weighted by Gasteiger charge is -2.29. The van der Waals surface area contributed by atoms with E-state index in [0.717, 1.165) is 23.4 Å². The van der Waals surface area contributed by atoms with Gasteiger partial charge in [0.25, 0.3) is 0 Å². The summed E-state index contributed by atoms with van der Waals surface area (Å²) in [5, 5.41) is 0. The Morgan fingerprint density at radius 2 is 2.17 bits per heavy atom. The molecule has 2 N–H and O–H groups in total. The number of anilines is 2. The van der Waals surface area contributed by atoms with Crippen molar-refractivity contribution in [1.29, 1.82) is 0 Å². The van der Waals surface area contributed by atoms with Gasteiger partial charge < -0.3 is 10.6 Å². The maximum Gasteiger partial charge on any atom is 0.0633 e. The van der Waals surface area contributed by atoms with Gasteiger partial charge in [-0.3, -0.25) is 0 Å². The third kappa shape index (κ3) is 1.54. The molecule has 3 unspecified atom stereocenters. The molecule has 4 rings (SSSR count). The maximum atomic E-state index is 6.17. The fraction of sp³-hybridized carbons (Fsp3) is 0.625. The van der Waals surface area contributed by atoms with E-state index in [-0.39, 0.29) is 0 Å². The fourth-order valence-electron chi connectivity index (χ4n) is 4.63. The van der Waals surface area contributed by atoms with Crippen LogP contribution in [0, 0.1) is 17.8 Å². The Bertz CT molecular complexity index is 468. The molecule has 3 aliphatic rings. The number of nitrogen functional groups attached to an aromatic ring is 1. The van der Waals surface area contributed by atoms with Crippen molar-refractivity contribution in [1.82, 2.24) is 0 Å². The molecule has 18 heavy (non-hydrogen) atoms. The Hall–Kier alpha value is -1.18. The standard InChI is InChI=1S/C16H22N2/c17-15-3-1-2-12-6-7-18(16(12)15)10-14-9-11-4-5-13(14)8-11/h1-3,11,13-14H,4-10,17H2. The van der Waals surface area contributed by atoms with Crippen molar-refractivity contribution in [3.8, 4) is 0 Å². The number of fused-ring (bicyclic) bond motifs is 3. The van der Waals surface area contributed by atoms with E-state index in [4.69, 9.17) is 5.73 Å². The largest absolute Gasteiger partial charge is 0.397 e. The third-order valence-corrected chi connectivity index (χ3v) is 5.46. The summed E-state index contributed by atoms with van der Waals surface area (Å²) in [5.41, 5.74) is 9.95. The van der Waals surface area contributed by atoms with Gasteiger partial charge >= 0.3 is 0 Å². The van der Waals surface area contributed by atoms with Crippen molar-refractivity contribution in [3.05, 3.63) is 23.8 Å². The van der Waals surface area contributed by atoms with E-state index in [1.165, 1.54) is 56.4 Å². The highest BCUT2D eigenvalue weighted by atomic mass is 15.2. The number of nitrogens with zero attached hydrogens (tertiary/aromatic N) is 1. The molecule has 2 fully saturated rings. The second kappa shape index (κ2) is 3.91. The maximum absolute atomic E-state index is 6.17. The molecular formula is C16H22N2. The first kappa shape index (κ1) is 10.7. The van der Waals surface area contributed by atoms with E-state index in [9.17, 15) is 0 Å². The molecule has 96 valence electrons. The van der Waals surface area contributed by atoms with Crippen LogP contribution in [0.4, 0.5) is 11.4 Å². The molecule has 2 aliphatic carbocycles. The first-order valence-electron chi connectivity index (χ1n) is 7.43. The number of benzene rings is 1. The van der Waals surface area contributed by atoms with Gasteiger partial charge in [-0.1, -0.05) is 18.6 Å². The lowest BCUT2D eigenvalue weighted by Crippen LogP contribution is -2.30. The van der Waals surface area contributed by atoms with E-state index in [0.29, 0.717) is 0 Å². The third-order valence-electron chi connectivity index (χ3n) is 5.46. The molecule has 1 aromatic carbocycles. The lowest BCUT2D eigenvalue weighted by molar-refractivity contribution is 0.335. The summed E-state index contributed by atoms with van der Waals surface area (Å²) in [6.45, 7) is 2.43. The van der Waals surface area contributed by atoms with Gasteiger partial charge in [-0.25, -0.2) is 0 Å². The van der Waals surface area contributed by atoms with Gasteiger partial charge in [-0.05, 0) is 55.1 Å². The predicted octanol–water partition coefficient (Wildman–Crippen LogP) is 3.07. The zero-order chi connectivity index (χ0) is 12.1. The number of nitrogens with two attached hydrogens (primary N) is 1. The van der Waals surface area contributed by atoms with Gasteiger partial charge in [0.2, 0.25) is 0 Å². The Morgan fingerprint density at radius 1 is 1.22 bits per heavy atom. The highest BCUT2D eigenvalue weighted by Gasteiger charge is 2.40. The highest BCUT2D eigenvalue weighted by Crippen LogP contribution is 2.49. The van der Waals surface area contributed by atoms with Crippen LogP contribution >= 0.6 is 0 Å². The minimum atomic E-state index is 0.939. The van der Waals surface area contributed by atoms with Crippen LogP contribution in [-0.2, 0) is 6.42 Å². The summed E-state index contributed by atoms with van der Waals surface area (Å²) in [6, 6.07) is 6.39. The van der Waals surface area contributed by atoms with Crippen molar-refractivity contribution < 1.29 is 0 Å². The van der Waals surface area contributed by atoms with E-state index in [2.05, 4.69) is 23.1 Å². The molecule has 0 radical (unpaired) electrons. The second-order valence-electron chi connectivity index (χ2n) is 6.49. The molecule has 2 nitrogen and oxygen atoms in total. The number of hydrogen-bond donors (Lipinski definition) is 1. The molecule has 0 aromatic heterocycles. The monoisotopic (exact) mass is 242 g/mol. The summed E-state index contributed by atoms with van der Waals surface area (Å²) in [4.78, 5) is 2.57. The summed E-state index contributed by atoms with van der Waals surface area (Å²) >= 11 is 0. The highest BCUT2D eigenvalue weighted by molar-refractivity contribution is 5.74. The number of para-hydroxylation sites is 1. The minimum Gasteiger partial charge on any atom is -0.397 e. The average molecular weight is 242 g/mol. The van der Waals surface area contributed by atoms with Crippen molar-refractivity contribution in [3.63, 3.8) is 0 Å². The first-order chi connectivity index (χ1) is 8.81. The second-order valence-corrected chi connectivity index (χ2v) is 6.49. The fourth-order valence-corrected chi connectivity index (χ4v) is 4.63. The lowest BCUT2D eigenvalue weighted by atomic mass is 9.88. The van der Waals surface area contributed by atoms with Crippen LogP contribution in [0.2, 0.25) is 0 Å². The van der Waals surface area contributed by atoms with E-state index < -0.39 is 0 Å². The van der Waals surface area contributed by atoms with Crippen LogP contribution in [0.5, 0.6) is 0 Å². The van der Waals surface area contributed by atoms with Crippen molar-refractivity contribution in [2.24, 2.45) is 17.8 Å². The Morgan fingerprint density at radius 3 is 2.94 bits per heavy atom. The first-order valence-corrected chi connectivity index (χ1v) is 7.43. The van der Waals surface area contributed by atoms with Gasteiger partial charge in [0, 0.05) is 13.1 Å². The Kier molecular flexibility index (Phi) is 2.33. The molecule has 2 bridgehead atoms. The van der Waals surface area contributed by atoms with Crippen LogP contribution in [-0.4, -0.2) is 13.1 Å². The molecule has 0 spiro atoms. The van der Waals surface area contributed by atoms with Crippen molar-refractivity contribution in [2.45, 2.75) is 32.1 Å². The minimum absolute atomic E-state index is 0.939. The summed E-state index contributed by atoms with van der Waals surface area (Å²) < 4.78 is 0. The molecular weight excluding hydrogens is 220 g/mol. The molecule has 1 aromatic rings. The summed E-state index contributed by atoms with van der Waals surface area (Å²) in [7, 11) is 0. The molecule has 1 heterocycles. The van der Waals surface area contributed by atoms with Crippen molar-refractivity contribution in [2.75, 3.05) is 23.7 Å². The average Bonchev–Trinajstić information content (AvgIpc) is 3.05. The molecule has 2 saturated carbocycles. The summed E-state index contributed by atoms with van der Waals surface area (Å²) in [6.07, 6.45) is 7.15. The molecule has 0 saturated heterocycles. The van der Waals surface area contributed by atoms with Crippen LogP contribution in [0.3, 0.4) is 0 Å². The molecule has 1 aliphatic heterocycles. The van der Waals surface area contributed by atoms with Gasteiger partial charge in [0.1, 0.15) is 0 Å². The smallest absolute Gasteiger partial charge is 0.0633 e. The van der Waals surface area contributed by atoms with Crippen LogP contribution in [0.25, 0.3) is 0 Å².